The van der Waals surface area contributed by atoms with Crippen LogP contribution in [0.1, 0.15) is 32.1 Å². The fourth-order valence-corrected chi connectivity index (χ4v) is 3.55. The van der Waals surface area contributed by atoms with Gasteiger partial charge in [0.05, 0.1) is 17.5 Å². The minimum absolute atomic E-state index is 0.0382. The number of carbonyl (C=O) groups excluding carboxylic acids is 1. The number of rotatable bonds is 8. The van der Waals surface area contributed by atoms with Gasteiger partial charge < -0.3 is 15.4 Å². The van der Waals surface area contributed by atoms with Gasteiger partial charge in [-0.25, -0.2) is 14.8 Å². The maximum Gasteiger partial charge on any atom is 0.336 e. The number of carbonyl (C=O) groups is 2. The Kier molecular flexibility index (Phi) is 6.07. The Balaban J connectivity index is 1.59. The fourth-order valence-electron chi connectivity index (χ4n) is 2.67. The van der Waals surface area contributed by atoms with Gasteiger partial charge in [-0.1, -0.05) is 35.2 Å². The predicted octanol–water partition coefficient (Wildman–Crippen LogP) is 0.115. The predicted molar refractivity (Wildman–Crippen MR) is 113 cm³/mol. The number of hydrogen-bond acceptors (Lipinski definition) is 12. The lowest BCUT2D eigenvalue weighted by Gasteiger charge is -2.05. The first-order valence-electron chi connectivity index (χ1n) is 9.11. The topological polar surface area (TPSA) is 205 Å². The highest BCUT2D eigenvalue weighted by atomic mass is 32.2. The molecule has 0 radical (unpaired) electrons. The molecule has 0 fully saturated rings. The molecule has 0 saturated heterocycles. The second kappa shape index (κ2) is 9.27. The monoisotopic (exact) mass is 469 g/mol. The van der Waals surface area contributed by atoms with Gasteiger partial charge in [-0.05, 0) is 16.4 Å². The number of anilines is 1. The zero-order valence-corrected chi connectivity index (χ0v) is 17.7. The number of aryl methyl sites for hydroxylation is 1. The zero-order chi connectivity index (χ0) is 23.4. The van der Waals surface area contributed by atoms with E-state index in [-0.39, 0.29) is 28.6 Å². The fraction of sp³-hybridized carbons (Fsp3) is 0.118. The summed E-state index contributed by atoms with van der Waals surface area (Å²) in [5.74, 6) is -1.59. The SMILES string of the molecule is Cn1cnnc1SCc1c(C(=O)NN=Cc2ccccc2C(=O)O)nnn1-c1nonc1N. The number of carboxylic acid groups (broad SMARTS) is 1. The van der Waals surface area contributed by atoms with Crippen molar-refractivity contribution in [1.29, 1.82) is 0 Å². The number of nitrogens with zero attached hydrogens (tertiary/aromatic N) is 9. The number of nitrogen functional groups attached to an aromatic ring is 1. The number of aromatic carboxylic acids is 1. The Bertz CT molecular complexity index is 1340. The molecule has 0 aliphatic rings. The van der Waals surface area contributed by atoms with Crippen LogP contribution in [0.4, 0.5) is 5.82 Å². The molecule has 0 unspecified atom stereocenters. The highest BCUT2D eigenvalue weighted by Crippen LogP contribution is 2.24. The van der Waals surface area contributed by atoms with Crippen LogP contribution in [0.5, 0.6) is 0 Å². The van der Waals surface area contributed by atoms with Crippen LogP contribution in [0.3, 0.4) is 0 Å². The van der Waals surface area contributed by atoms with Crippen LogP contribution in [0.15, 0.2) is 45.5 Å². The summed E-state index contributed by atoms with van der Waals surface area (Å²) in [5, 5.41) is 36.6. The molecule has 3 aromatic heterocycles. The number of hydrogen-bond donors (Lipinski definition) is 3. The lowest BCUT2D eigenvalue weighted by Crippen LogP contribution is -2.20. The van der Waals surface area contributed by atoms with Crippen molar-refractivity contribution in [1.82, 2.24) is 45.5 Å². The van der Waals surface area contributed by atoms with Crippen LogP contribution >= 0.6 is 11.8 Å². The third kappa shape index (κ3) is 4.54. The molecule has 0 bridgehead atoms. The highest BCUT2D eigenvalue weighted by Gasteiger charge is 2.24. The second-order valence-corrected chi connectivity index (χ2v) is 7.32. The first-order chi connectivity index (χ1) is 16.0. The Labute approximate surface area is 188 Å². The van der Waals surface area contributed by atoms with Gasteiger partial charge in [-0.2, -0.15) is 9.78 Å². The van der Waals surface area contributed by atoms with Gasteiger partial charge >= 0.3 is 5.97 Å². The molecule has 3 heterocycles. The van der Waals surface area contributed by atoms with Gasteiger partial charge in [0.2, 0.25) is 11.6 Å². The molecule has 0 saturated carbocycles. The average Bonchev–Trinajstić information content (AvgIpc) is 3.52. The molecule has 15 nitrogen and oxygen atoms in total. The Morgan fingerprint density at radius 3 is 2.82 bits per heavy atom. The number of aromatic nitrogens is 8. The Morgan fingerprint density at radius 1 is 1.30 bits per heavy atom. The first kappa shape index (κ1) is 21.6. The van der Waals surface area contributed by atoms with Crippen LogP contribution in [-0.2, 0) is 12.8 Å². The van der Waals surface area contributed by atoms with Crippen molar-refractivity contribution in [2.75, 3.05) is 5.73 Å². The summed E-state index contributed by atoms with van der Waals surface area (Å²) in [4.78, 5) is 24.1. The van der Waals surface area contributed by atoms with E-state index >= 15 is 0 Å². The number of benzene rings is 1. The summed E-state index contributed by atoms with van der Waals surface area (Å²) < 4.78 is 7.55. The van der Waals surface area contributed by atoms with Crippen molar-refractivity contribution < 1.29 is 19.3 Å². The van der Waals surface area contributed by atoms with Crippen molar-refractivity contribution in [3.8, 4) is 5.82 Å². The molecule has 16 heteroatoms. The van der Waals surface area contributed by atoms with Crippen molar-refractivity contribution in [2.24, 2.45) is 12.1 Å². The largest absolute Gasteiger partial charge is 0.478 e. The van der Waals surface area contributed by atoms with E-state index in [1.807, 2.05) is 0 Å². The van der Waals surface area contributed by atoms with E-state index in [4.69, 9.17) is 5.73 Å². The average molecular weight is 469 g/mol. The molecule has 4 rings (SSSR count). The summed E-state index contributed by atoms with van der Waals surface area (Å²) in [7, 11) is 1.77. The maximum atomic E-state index is 12.8. The van der Waals surface area contributed by atoms with Gasteiger partial charge in [0.15, 0.2) is 10.9 Å². The zero-order valence-electron chi connectivity index (χ0n) is 16.9. The molecule has 1 amide bonds. The molecule has 1 aromatic carbocycles. The van der Waals surface area contributed by atoms with Crippen molar-refractivity contribution >= 4 is 35.7 Å². The molecular formula is C17H15N11O4S. The normalized spacial score (nSPS) is 11.2. The minimum atomic E-state index is -1.12. The molecule has 0 aliphatic carbocycles. The van der Waals surface area contributed by atoms with Gasteiger partial charge in [-0.15, -0.1) is 15.3 Å². The van der Waals surface area contributed by atoms with E-state index in [1.165, 1.54) is 35.1 Å². The first-order valence-corrected chi connectivity index (χ1v) is 10.1. The molecule has 0 atom stereocenters. The maximum absolute atomic E-state index is 12.8. The van der Waals surface area contributed by atoms with Gasteiger partial charge in [0.1, 0.15) is 6.33 Å². The molecule has 33 heavy (non-hydrogen) atoms. The number of hydrazone groups is 1. The van der Waals surface area contributed by atoms with Crippen molar-refractivity contribution in [3.05, 3.63) is 53.1 Å². The van der Waals surface area contributed by atoms with Crippen LogP contribution in [0, 0.1) is 0 Å². The third-order valence-corrected chi connectivity index (χ3v) is 5.29. The number of nitrogens with one attached hydrogen (secondary N) is 1. The third-order valence-electron chi connectivity index (χ3n) is 4.24. The van der Waals surface area contributed by atoms with Crippen LogP contribution < -0.4 is 11.2 Å². The molecule has 0 aliphatic heterocycles. The van der Waals surface area contributed by atoms with E-state index in [1.54, 1.807) is 29.8 Å². The van der Waals surface area contributed by atoms with Crippen LogP contribution in [-0.4, -0.2) is 63.3 Å². The quantitative estimate of drug-likeness (QED) is 0.179. The lowest BCUT2D eigenvalue weighted by molar-refractivity contribution is 0.0696. The smallest absolute Gasteiger partial charge is 0.336 e. The Morgan fingerprint density at radius 2 is 2.12 bits per heavy atom. The number of thioether (sulfide) groups is 1. The van der Waals surface area contributed by atoms with Gasteiger partial charge in [0, 0.05) is 18.4 Å². The molecule has 168 valence electrons. The standard InChI is InChI=1S/C17H15N11O4S/c1-27-8-20-23-17(27)33-7-11-12(21-26-28(11)14-13(18)24-32-25-14)15(29)22-19-6-9-4-2-3-5-10(9)16(30)31/h2-6,8H,7H2,1H3,(H2,18,24)(H,22,29)(H,30,31). The Hall–Kier alpha value is -4.60. The van der Waals surface area contributed by atoms with E-state index in [2.05, 4.69) is 46.0 Å². The molecule has 4 aromatic rings. The summed E-state index contributed by atoms with van der Waals surface area (Å²) >= 11 is 1.27. The summed E-state index contributed by atoms with van der Waals surface area (Å²) in [5.41, 5.74) is 8.70. The van der Waals surface area contributed by atoms with Crippen LogP contribution in [0.2, 0.25) is 0 Å². The van der Waals surface area contributed by atoms with E-state index < -0.39 is 11.9 Å². The minimum Gasteiger partial charge on any atom is -0.478 e. The molecular weight excluding hydrogens is 454 g/mol. The van der Waals surface area contributed by atoms with Crippen molar-refractivity contribution in [3.63, 3.8) is 0 Å². The summed E-state index contributed by atoms with van der Waals surface area (Å²) in [6, 6.07) is 6.22. The molecule has 4 N–H and O–H groups in total. The molecule has 0 spiro atoms. The summed E-state index contributed by atoms with van der Waals surface area (Å²) in [6.07, 6.45) is 2.76. The number of nitrogens with two attached hydrogens (primary N) is 1. The lowest BCUT2D eigenvalue weighted by atomic mass is 10.1. The van der Waals surface area contributed by atoms with E-state index in [0.29, 0.717) is 16.4 Å². The van der Waals surface area contributed by atoms with Crippen molar-refractivity contribution in [2.45, 2.75) is 10.9 Å². The summed E-state index contributed by atoms with van der Waals surface area (Å²) in [6.45, 7) is 0. The van der Waals surface area contributed by atoms with E-state index in [9.17, 15) is 14.7 Å². The number of carboxylic acids is 1. The highest BCUT2D eigenvalue weighted by molar-refractivity contribution is 7.98. The van der Waals surface area contributed by atoms with Gasteiger partial charge in [0.25, 0.3) is 5.91 Å². The van der Waals surface area contributed by atoms with Crippen LogP contribution in [0.25, 0.3) is 5.82 Å². The number of amides is 1. The van der Waals surface area contributed by atoms with Gasteiger partial charge in [-0.3, -0.25) is 4.79 Å². The van der Waals surface area contributed by atoms with E-state index in [0.717, 1.165) is 0 Å². The second-order valence-electron chi connectivity index (χ2n) is 6.37.